The van der Waals surface area contributed by atoms with Crippen LogP contribution in [0.3, 0.4) is 0 Å². The molecule has 0 radical (unpaired) electrons. The molecule has 0 aromatic heterocycles. The van der Waals surface area contributed by atoms with Gasteiger partial charge in [0, 0.05) is 0 Å². The smallest absolute Gasteiger partial charge is 0.380 e. The highest BCUT2D eigenvalue weighted by Crippen LogP contribution is 2.10. The molecule has 0 bridgehead atoms. The molecule has 0 aliphatic heterocycles. The van der Waals surface area contributed by atoms with Gasteiger partial charge in [-0.3, -0.25) is 0 Å². The van der Waals surface area contributed by atoms with E-state index in [1.807, 2.05) is 61.5 Å². The summed E-state index contributed by atoms with van der Waals surface area (Å²) in [5.41, 5.74) is 0.673. The summed E-state index contributed by atoms with van der Waals surface area (Å²) in [6, 6.07) is 32.9. The van der Waals surface area contributed by atoms with Gasteiger partial charge in [-0.05, 0) is 22.5 Å². The van der Waals surface area contributed by atoms with Crippen LogP contribution in [0.2, 0.25) is 0 Å². The van der Waals surface area contributed by atoms with Crippen LogP contribution in [0.4, 0.5) is 0 Å². The lowest BCUT2D eigenvalue weighted by molar-refractivity contribution is 0.347. The van der Waals surface area contributed by atoms with Gasteiger partial charge in [-0.25, -0.2) is 0 Å². The van der Waals surface area contributed by atoms with Gasteiger partial charge >= 0.3 is 8.32 Å². The molecule has 3 aromatic carbocycles. The van der Waals surface area contributed by atoms with Crippen molar-refractivity contribution in [2.45, 2.75) is 13.3 Å². The molecular weight excluding hydrogens is 336 g/mol. The van der Waals surface area contributed by atoms with E-state index in [0.29, 0.717) is 5.71 Å². The summed E-state index contributed by atoms with van der Waals surface area (Å²) < 4.78 is 6.38. The molecule has 3 rings (SSSR count). The topological polar surface area (TPSA) is 45.4 Å². The second-order valence-electron chi connectivity index (χ2n) is 6.03. The molecular formula is C22H20N2OSi. The van der Waals surface area contributed by atoms with Gasteiger partial charge in [0.05, 0.1) is 18.2 Å². The van der Waals surface area contributed by atoms with E-state index in [1.54, 1.807) is 0 Å². The van der Waals surface area contributed by atoms with Crippen molar-refractivity contribution >= 4 is 29.6 Å². The van der Waals surface area contributed by atoms with Crippen molar-refractivity contribution in [1.82, 2.24) is 0 Å². The van der Waals surface area contributed by atoms with Crippen molar-refractivity contribution in [1.29, 1.82) is 5.26 Å². The molecule has 0 aliphatic carbocycles. The number of oxime groups is 1. The summed E-state index contributed by atoms with van der Waals surface area (Å²) in [4.78, 5) is 0. The highest BCUT2D eigenvalue weighted by atomic mass is 28.4. The van der Waals surface area contributed by atoms with Crippen molar-refractivity contribution in [2.24, 2.45) is 5.16 Å². The predicted octanol–water partition coefficient (Wildman–Crippen LogP) is 2.96. The van der Waals surface area contributed by atoms with Gasteiger partial charge in [0.25, 0.3) is 0 Å². The number of benzene rings is 3. The van der Waals surface area contributed by atoms with Crippen LogP contribution in [-0.4, -0.2) is 14.0 Å². The third-order valence-electron chi connectivity index (χ3n) is 4.21. The summed E-state index contributed by atoms with van der Waals surface area (Å²) in [5.74, 6) is 0. The van der Waals surface area contributed by atoms with E-state index in [2.05, 4.69) is 47.6 Å². The van der Waals surface area contributed by atoms with Gasteiger partial charge in [-0.2, -0.15) is 5.26 Å². The Hall–Kier alpha value is -3.16. The van der Waals surface area contributed by atoms with Crippen LogP contribution in [0.15, 0.2) is 96.2 Å². The first kappa shape index (κ1) is 17.7. The minimum Gasteiger partial charge on any atom is -0.438 e. The lowest BCUT2D eigenvalue weighted by Crippen LogP contribution is -2.68. The highest BCUT2D eigenvalue weighted by Gasteiger charge is 2.44. The first-order chi connectivity index (χ1) is 12.8. The Morgan fingerprint density at radius 2 is 1.19 bits per heavy atom. The van der Waals surface area contributed by atoms with Gasteiger partial charge in [0.1, 0.15) is 0 Å². The van der Waals surface area contributed by atoms with Gasteiger partial charge in [0.2, 0.25) is 0 Å². The Morgan fingerprint density at radius 1 is 0.808 bits per heavy atom. The second kappa shape index (κ2) is 8.28. The summed E-state index contributed by atoms with van der Waals surface area (Å²) in [5, 5.41) is 16.7. The summed E-state index contributed by atoms with van der Waals surface area (Å²) >= 11 is 0. The van der Waals surface area contributed by atoms with Crippen LogP contribution in [-0.2, 0) is 4.53 Å². The molecule has 0 amide bonds. The van der Waals surface area contributed by atoms with Crippen LogP contribution >= 0.6 is 0 Å². The zero-order valence-electron chi connectivity index (χ0n) is 14.7. The maximum Gasteiger partial charge on any atom is 0.380 e. The van der Waals surface area contributed by atoms with Crippen molar-refractivity contribution in [3.8, 4) is 6.07 Å². The van der Waals surface area contributed by atoms with Crippen molar-refractivity contribution < 1.29 is 4.53 Å². The Morgan fingerprint density at radius 3 is 1.54 bits per heavy atom. The lowest BCUT2D eigenvalue weighted by Gasteiger charge is -2.30. The molecule has 0 saturated heterocycles. The van der Waals surface area contributed by atoms with Crippen LogP contribution in [0.1, 0.15) is 13.3 Å². The minimum absolute atomic E-state index is 0.253. The maximum atomic E-state index is 8.94. The van der Waals surface area contributed by atoms with Crippen molar-refractivity contribution in [3.63, 3.8) is 0 Å². The molecule has 4 heteroatoms. The summed E-state index contributed by atoms with van der Waals surface area (Å²) in [6.07, 6.45) is 0.253. The first-order valence-electron chi connectivity index (χ1n) is 8.52. The Balaban J connectivity index is 2.25. The number of rotatable bonds is 6. The number of nitrogens with zero attached hydrogens (tertiary/aromatic N) is 2. The molecule has 3 aromatic rings. The normalized spacial score (nSPS) is 11.6. The molecule has 0 atom stereocenters. The van der Waals surface area contributed by atoms with Crippen molar-refractivity contribution in [3.05, 3.63) is 91.0 Å². The van der Waals surface area contributed by atoms with E-state index in [-0.39, 0.29) is 6.42 Å². The molecule has 0 fully saturated rings. The van der Waals surface area contributed by atoms with Crippen LogP contribution < -0.4 is 15.6 Å². The Bertz CT molecular complexity index is 806. The molecule has 128 valence electrons. The third kappa shape index (κ3) is 3.58. The molecule has 0 unspecified atom stereocenters. The van der Waals surface area contributed by atoms with E-state index in [9.17, 15) is 0 Å². The molecule has 0 aliphatic rings. The fourth-order valence-corrected chi connectivity index (χ4v) is 6.56. The van der Waals surface area contributed by atoms with E-state index < -0.39 is 8.32 Å². The van der Waals surface area contributed by atoms with Crippen LogP contribution in [0, 0.1) is 11.3 Å². The third-order valence-corrected chi connectivity index (χ3v) is 8.02. The monoisotopic (exact) mass is 356 g/mol. The number of hydrogen-bond acceptors (Lipinski definition) is 3. The van der Waals surface area contributed by atoms with Gasteiger partial charge < -0.3 is 4.53 Å². The van der Waals surface area contributed by atoms with E-state index >= 15 is 0 Å². The Labute approximate surface area is 155 Å². The number of hydrogen-bond donors (Lipinski definition) is 0. The molecule has 26 heavy (non-hydrogen) atoms. The van der Waals surface area contributed by atoms with Gasteiger partial charge in [-0.1, -0.05) is 91.0 Å². The minimum atomic E-state index is -2.81. The molecule has 0 N–H and O–H groups in total. The zero-order chi connectivity index (χ0) is 18.2. The van der Waals surface area contributed by atoms with Gasteiger partial charge in [0.15, 0.2) is 0 Å². The zero-order valence-corrected chi connectivity index (χ0v) is 15.7. The van der Waals surface area contributed by atoms with Crippen LogP contribution in [0.5, 0.6) is 0 Å². The molecule has 0 spiro atoms. The quantitative estimate of drug-likeness (QED) is 0.295. The Kier molecular flexibility index (Phi) is 5.62. The van der Waals surface area contributed by atoms with E-state index in [1.165, 1.54) is 0 Å². The fraction of sp³-hybridized carbons (Fsp3) is 0.0909. The second-order valence-corrected chi connectivity index (χ2v) is 9.31. The first-order valence-corrected chi connectivity index (χ1v) is 10.4. The van der Waals surface area contributed by atoms with Crippen LogP contribution in [0.25, 0.3) is 0 Å². The predicted molar refractivity (Wildman–Crippen MR) is 108 cm³/mol. The molecule has 3 nitrogen and oxygen atoms in total. The summed E-state index contributed by atoms with van der Waals surface area (Å²) in [6.45, 7) is 1.82. The fourth-order valence-electron chi connectivity index (χ4n) is 2.97. The van der Waals surface area contributed by atoms with Crippen molar-refractivity contribution in [2.75, 3.05) is 0 Å². The van der Waals surface area contributed by atoms with Gasteiger partial charge in [-0.15, -0.1) is 5.16 Å². The largest absolute Gasteiger partial charge is 0.438 e. The average Bonchev–Trinajstić information content (AvgIpc) is 2.71. The summed E-state index contributed by atoms with van der Waals surface area (Å²) in [7, 11) is -2.81. The standard InChI is InChI=1S/C22H20N2OSi/c1-19(17-18-23)24-25-26(20-11-5-2-6-12-20,21-13-7-3-8-14-21)22-15-9-4-10-16-22/h2-16H,17H2,1H3. The SMILES string of the molecule is CC(CC#N)=NO[Si](c1ccccc1)(c1ccccc1)c1ccccc1. The molecule has 0 saturated carbocycles. The van der Waals surface area contributed by atoms with E-state index in [0.717, 1.165) is 15.6 Å². The number of nitriles is 1. The maximum absolute atomic E-state index is 8.94. The lowest BCUT2D eigenvalue weighted by atomic mass is 10.3. The average molecular weight is 357 g/mol. The van der Waals surface area contributed by atoms with E-state index in [4.69, 9.17) is 9.79 Å². The highest BCUT2D eigenvalue weighted by molar-refractivity contribution is 7.07. The molecule has 0 heterocycles.